The maximum Gasteiger partial charge on any atom is 0.269 e. The fraction of sp³-hybridized carbons (Fsp3) is 0.235. The number of nitrogens with zero attached hydrogens (tertiary/aromatic N) is 2. The van der Waals surface area contributed by atoms with Crippen molar-refractivity contribution in [1.82, 2.24) is 4.90 Å². The molecule has 0 aliphatic rings. The Morgan fingerprint density at radius 3 is 2.62 bits per heavy atom. The Labute approximate surface area is 143 Å². The number of carbonyl (C=O) groups excluding carboxylic acids is 1. The Kier molecular flexibility index (Phi) is 5.87. The molecule has 5 nitrogen and oxygen atoms in total. The van der Waals surface area contributed by atoms with Gasteiger partial charge in [0.15, 0.2) is 0 Å². The zero-order valence-corrected chi connectivity index (χ0v) is 13.8. The van der Waals surface area contributed by atoms with Crippen molar-refractivity contribution in [3.63, 3.8) is 0 Å². The molecule has 0 aromatic heterocycles. The average Bonchev–Trinajstić information content (AvgIpc) is 2.55. The van der Waals surface area contributed by atoms with Gasteiger partial charge in [-0.1, -0.05) is 29.8 Å². The molecule has 0 saturated carbocycles. The molecule has 0 aliphatic heterocycles. The van der Waals surface area contributed by atoms with Gasteiger partial charge in [-0.3, -0.25) is 14.9 Å². The molecule has 0 unspecified atom stereocenters. The maximum absolute atomic E-state index is 13.6. The van der Waals surface area contributed by atoms with Gasteiger partial charge in [-0.05, 0) is 29.7 Å². The van der Waals surface area contributed by atoms with Crippen molar-refractivity contribution in [2.75, 3.05) is 7.05 Å². The third kappa shape index (κ3) is 4.52. The summed E-state index contributed by atoms with van der Waals surface area (Å²) in [6, 6.07) is 10.4. The molecule has 0 fully saturated rings. The number of carbonyl (C=O) groups is 1. The highest BCUT2D eigenvalue weighted by molar-refractivity contribution is 6.31. The number of halogens is 2. The first-order valence-electron chi connectivity index (χ1n) is 7.28. The zero-order valence-electron chi connectivity index (χ0n) is 13.0. The van der Waals surface area contributed by atoms with Gasteiger partial charge in [0, 0.05) is 37.2 Å². The summed E-state index contributed by atoms with van der Waals surface area (Å²) in [5.41, 5.74) is 0.891. The molecule has 0 spiro atoms. The molecule has 0 heterocycles. The molecule has 0 radical (unpaired) electrons. The fourth-order valence-electron chi connectivity index (χ4n) is 2.27. The Morgan fingerprint density at radius 1 is 1.25 bits per heavy atom. The molecule has 2 aromatic rings. The standard InChI is InChI=1S/C17H16ClFN2O3/c1-20(11-13-10-14(21(23)24)7-8-15(13)18)17(22)9-6-12-4-2-3-5-16(12)19/h2-5,7-8,10H,6,9,11H2,1H3. The van der Waals surface area contributed by atoms with Crippen LogP contribution < -0.4 is 0 Å². The van der Waals surface area contributed by atoms with Crippen LogP contribution in [-0.2, 0) is 17.8 Å². The Balaban J connectivity index is 2.00. The van der Waals surface area contributed by atoms with Crippen molar-refractivity contribution in [2.24, 2.45) is 0 Å². The molecule has 2 aromatic carbocycles. The normalized spacial score (nSPS) is 10.5. The van der Waals surface area contributed by atoms with Crippen molar-refractivity contribution >= 4 is 23.2 Å². The lowest BCUT2D eigenvalue weighted by Crippen LogP contribution is -2.26. The Morgan fingerprint density at radius 2 is 1.96 bits per heavy atom. The van der Waals surface area contributed by atoms with E-state index in [2.05, 4.69) is 0 Å². The number of hydrogen-bond acceptors (Lipinski definition) is 3. The van der Waals surface area contributed by atoms with Crippen LogP contribution in [0.3, 0.4) is 0 Å². The molecule has 0 aliphatic carbocycles. The lowest BCUT2D eigenvalue weighted by atomic mass is 10.1. The first kappa shape index (κ1) is 17.9. The van der Waals surface area contributed by atoms with E-state index in [9.17, 15) is 19.3 Å². The molecule has 0 bridgehead atoms. The summed E-state index contributed by atoms with van der Waals surface area (Å²) in [7, 11) is 1.58. The Hall–Kier alpha value is -2.47. The second-order valence-corrected chi connectivity index (χ2v) is 5.78. The first-order chi connectivity index (χ1) is 11.4. The average molecular weight is 351 g/mol. The van der Waals surface area contributed by atoms with Gasteiger partial charge >= 0.3 is 0 Å². The van der Waals surface area contributed by atoms with Crippen LogP contribution in [-0.4, -0.2) is 22.8 Å². The van der Waals surface area contributed by atoms with Crippen LogP contribution in [0.25, 0.3) is 0 Å². The summed E-state index contributed by atoms with van der Waals surface area (Å²) in [4.78, 5) is 23.9. The van der Waals surface area contributed by atoms with Crippen LogP contribution in [0.5, 0.6) is 0 Å². The zero-order chi connectivity index (χ0) is 17.7. The third-order valence-electron chi connectivity index (χ3n) is 3.64. The van der Waals surface area contributed by atoms with Gasteiger partial charge in [0.2, 0.25) is 5.91 Å². The minimum absolute atomic E-state index is 0.0818. The van der Waals surface area contributed by atoms with Crippen molar-refractivity contribution in [2.45, 2.75) is 19.4 Å². The van der Waals surface area contributed by atoms with Crippen LogP contribution in [0.4, 0.5) is 10.1 Å². The lowest BCUT2D eigenvalue weighted by molar-refractivity contribution is -0.384. The predicted octanol–water partition coefficient (Wildman–Crippen LogP) is 3.98. The quantitative estimate of drug-likeness (QED) is 0.584. The van der Waals surface area contributed by atoms with E-state index in [0.29, 0.717) is 22.6 Å². The first-order valence-corrected chi connectivity index (χ1v) is 7.66. The largest absolute Gasteiger partial charge is 0.341 e. The number of nitro benzene ring substituents is 1. The second kappa shape index (κ2) is 7.88. The number of non-ortho nitro benzene ring substituents is 1. The van der Waals surface area contributed by atoms with Gasteiger partial charge in [-0.15, -0.1) is 0 Å². The Bertz CT molecular complexity index is 767. The van der Waals surface area contributed by atoms with Gasteiger partial charge in [0.05, 0.1) is 4.92 Å². The highest BCUT2D eigenvalue weighted by Gasteiger charge is 2.15. The van der Waals surface area contributed by atoms with Crippen LogP contribution >= 0.6 is 11.6 Å². The van der Waals surface area contributed by atoms with E-state index in [-0.39, 0.29) is 30.4 Å². The second-order valence-electron chi connectivity index (χ2n) is 5.37. The molecule has 0 saturated heterocycles. The van der Waals surface area contributed by atoms with Crippen LogP contribution in [0.1, 0.15) is 17.5 Å². The minimum Gasteiger partial charge on any atom is -0.341 e. The fourth-order valence-corrected chi connectivity index (χ4v) is 2.45. The summed E-state index contributed by atoms with van der Waals surface area (Å²) in [5, 5.41) is 11.2. The number of hydrogen-bond donors (Lipinski definition) is 0. The highest BCUT2D eigenvalue weighted by atomic mass is 35.5. The van der Waals surface area contributed by atoms with E-state index in [4.69, 9.17) is 11.6 Å². The SMILES string of the molecule is CN(Cc1cc([N+](=O)[O-])ccc1Cl)C(=O)CCc1ccccc1F. The van der Waals surface area contributed by atoms with E-state index in [1.807, 2.05) is 0 Å². The number of benzene rings is 2. The van der Waals surface area contributed by atoms with Gasteiger partial charge < -0.3 is 4.90 Å². The van der Waals surface area contributed by atoms with Gasteiger partial charge in [-0.25, -0.2) is 4.39 Å². The van der Waals surface area contributed by atoms with E-state index in [1.54, 1.807) is 25.2 Å². The van der Waals surface area contributed by atoms with E-state index >= 15 is 0 Å². The van der Waals surface area contributed by atoms with Crippen LogP contribution in [0.2, 0.25) is 5.02 Å². The smallest absolute Gasteiger partial charge is 0.269 e. The van der Waals surface area contributed by atoms with Crippen LogP contribution in [0, 0.1) is 15.9 Å². The molecule has 0 atom stereocenters. The predicted molar refractivity (Wildman–Crippen MR) is 89.3 cm³/mol. The molecule has 7 heteroatoms. The maximum atomic E-state index is 13.6. The molecule has 2 rings (SSSR count). The summed E-state index contributed by atoms with van der Waals surface area (Å²) in [6.45, 7) is 0.149. The third-order valence-corrected chi connectivity index (χ3v) is 4.01. The lowest BCUT2D eigenvalue weighted by Gasteiger charge is -2.18. The van der Waals surface area contributed by atoms with E-state index < -0.39 is 4.92 Å². The summed E-state index contributed by atoms with van der Waals surface area (Å²) >= 11 is 6.03. The van der Waals surface area contributed by atoms with Crippen LogP contribution in [0.15, 0.2) is 42.5 Å². The number of amides is 1. The van der Waals surface area contributed by atoms with Crippen molar-refractivity contribution in [3.8, 4) is 0 Å². The summed E-state index contributed by atoms with van der Waals surface area (Å²) in [6.07, 6.45) is 0.433. The monoisotopic (exact) mass is 350 g/mol. The topological polar surface area (TPSA) is 63.4 Å². The summed E-state index contributed by atoms with van der Waals surface area (Å²) < 4.78 is 13.6. The molecule has 126 valence electrons. The number of rotatable bonds is 6. The number of nitro groups is 1. The van der Waals surface area contributed by atoms with Gasteiger partial charge in [-0.2, -0.15) is 0 Å². The van der Waals surface area contributed by atoms with Crippen molar-refractivity contribution < 1.29 is 14.1 Å². The molecule has 24 heavy (non-hydrogen) atoms. The minimum atomic E-state index is -0.514. The number of aryl methyl sites for hydroxylation is 1. The summed E-state index contributed by atoms with van der Waals surface area (Å²) in [5.74, 6) is -0.532. The van der Waals surface area contributed by atoms with Crippen molar-refractivity contribution in [1.29, 1.82) is 0 Å². The van der Waals surface area contributed by atoms with E-state index in [0.717, 1.165) is 0 Å². The molecule has 1 amide bonds. The highest BCUT2D eigenvalue weighted by Crippen LogP contribution is 2.23. The molecule has 0 N–H and O–H groups in total. The van der Waals surface area contributed by atoms with Gasteiger partial charge in [0.1, 0.15) is 5.82 Å². The molecular weight excluding hydrogens is 335 g/mol. The molecular formula is C17H16ClFN2O3. The van der Waals surface area contributed by atoms with Gasteiger partial charge in [0.25, 0.3) is 5.69 Å². The van der Waals surface area contributed by atoms with Crippen molar-refractivity contribution in [3.05, 3.63) is 74.5 Å². The van der Waals surface area contributed by atoms with E-state index in [1.165, 1.54) is 29.2 Å².